The predicted molar refractivity (Wildman–Crippen MR) is 100 cm³/mol. The summed E-state index contributed by atoms with van der Waals surface area (Å²) in [5, 5.41) is 0.518. The topological polar surface area (TPSA) is 69.8 Å². The van der Waals surface area contributed by atoms with Gasteiger partial charge in [0, 0.05) is 43.3 Å². The van der Waals surface area contributed by atoms with Crippen molar-refractivity contribution in [2.45, 2.75) is 30.4 Å². The fraction of sp³-hybridized carbons (Fsp3) is 0.333. The van der Waals surface area contributed by atoms with Gasteiger partial charge in [-0.3, -0.25) is 18.9 Å². The monoisotopic (exact) mass is 356 g/mol. The molecule has 0 fully saturated rings. The minimum Gasteiger partial charge on any atom is -0.280 e. The molecule has 0 amide bonds. The maximum Gasteiger partial charge on any atom is 0.332 e. The Bertz CT molecular complexity index is 1030. The molecule has 3 heterocycles. The molecule has 7 heteroatoms. The van der Waals surface area contributed by atoms with Crippen LogP contribution in [0.3, 0.4) is 0 Å². The summed E-state index contributed by atoms with van der Waals surface area (Å²) in [5.74, 6) is 0.704. The fourth-order valence-corrected chi connectivity index (χ4v) is 3.94. The quantitative estimate of drug-likeness (QED) is 0.656. The van der Waals surface area contributed by atoms with Crippen LogP contribution in [0.2, 0.25) is 0 Å². The lowest BCUT2D eigenvalue weighted by molar-refractivity contribution is 0.704. The Balaban J connectivity index is 2.20. The Labute approximate surface area is 149 Å². The zero-order valence-electron chi connectivity index (χ0n) is 14.5. The normalized spacial score (nSPS) is 11.2. The summed E-state index contributed by atoms with van der Waals surface area (Å²) in [4.78, 5) is 34.4. The molecule has 0 N–H and O–H groups in total. The number of hydrogen-bond acceptors (Lipinski definition) is 5. The smallest absolute Gasteiger partial charge is 0.280 e. The summed E-state index contributed by atoms with van der Waals surface area (Å²) in [5.41, 5.74) is 1.90. The molecule has 3 rings (SSSR count). The van der Waals surface area contributed by atoms with E-state index in [0.717, 1.165) is 33.4 Å². The molecule has 0 saturated carbocycles. The summed E-state index contributed by atoms with van der Waals surface area (Å²) < 4.78 is 2.58. The molecular formula is C18H20N4O2S. The van der Waals surface area contributed by atoms with Crippen LogP contribution in [0.25, 0.3) is 11.0 Å². The SMILES string of the molecule is CCCc1cnc2c(c1SCc1cccnc1)c(=O)n(C)c(=O)n2C. The summed E-state index contributed by atoms with van der Waals surface area (Å²) in [7, 11) is 3.15. The molecule has 6 nitrogen and oxygen atoms in total. The van der Waals surface area contributed by atoms with Crippen molar-refractivity contribution in [3.63, 3.8) is 0 Å². The van der Waals surface area contributed by atoms with Crippen LogP contribution >= 0.6 is 11.8 Å². The lowest BCUT2D eigenvalue weighted by atomic mass is 10.1. The first-order valence-corrected chi connectivity index (χ1v) is 9.12. The summed E-state index contributed by atoms with van der Waals surface area (Å²) in [6.45, 7) is 2.10. The number of hydrogen-bond donors (Lipinski definition) is 0. The minimum absolute atomic E-state index is 0.294. The lowest BCUT2D eigenvalue weighted by Crippen LogP contribution is -2.37. The third-order valence-electron chi connectivity index (χ3n) is 4.12. The molecule has 0 aliphatic rings. The van der Waals surface area contributed by atoms with Gasteiger partial charge in [-0.1, -0.05) is 19.4 Å². The summed E-state index contributed by atoms with van der Waals surface area (Å²) >= 11 is 1.60. The molecule has 0 atom stereocenters. The van der Waals surface area contributed by atoms with Gasteiger partial charge in [-0.2, -0.15) is 0 Å². The molecule has 3 aromatic rings. The minimum atomic E-state index is -0.364. The second-order valence-corrected chi connectivity index (χ2v) is 6.90. The second-order valence-electron chi connectivity index (χ2n) is 5.92. The van der Waals surface area contributed by atoms with Crippen LogP contribution in [0.1, 0.15) is 24.5 Å². The number of aryl methyl sites for hydroxylation is 2. The Morgan fingerprint density at radius 2 is 1.96 bits per heavy atom. The van der Waals surface area contributed by atoms with Crippen molar-refractivity contribution in [2.24, 2.45) is 14.1 Å². The Hall–Kier alpha value is -2.41. The summed E-state index contributed by atoms with van der Waals surface area (Å²) in [6, 6.07) is 3.91. The van der Waals surface area contributed by atoms with E-state index in [4.69, 9.17) is 0 Å². The zero-order valence-corrected chi connectivity index (χ0v) is 15.3. The lowest BCUT2D eigenvalue weighted by Gasteiger charge is -2.14. The molecule has 0 aliphatic carbocycles. The van der Waals surface area contributed by atoms with Gasteiger partial charge in [0.2, 0.25) is 0 Å². The van der Waals surface area contributed by atoms with E-state index in [-0.39, 0.29) is 11.2 Å². The van der Waals surface area contributed by atoms with E-state index in [1.165, 1.54) is 11.6 Å². The van der Waals surface area contributed by atoms with E-state index in [1.807, 2.05) is 18.3 Å². The molecular weight excluding hydrogens is 336 g/mol. The van der Waals surface area contributed by atoms with E-state index in [9.17, 15) is 9.59 Å². The number of nitrogens with zero attached hydrogens (tertiary/aromatic N) is 4. The first-order valence-electron chi connectivity index (χ1n) is 8.14. The van der Waals surface area contributed by atoms with Crippen molar-refractivity contribution in [3.05, 3.63) is 62.7 Å². The van der Waals surface area contributed by atoms with Gasteiger partial charge in [0.25, 0.3) is 5.56 Å². The molecule has 130 valence electrons. The summed E-state index contributed by atoms with van der Waals surface area (Å²) in [6.07, 6.45) is 7.15. The van der Waals surface area contributed by atoms with Crippen molar-refractivity contribution in [2.75, 3.05) is 0 Å². The number of fused-ring (bicyclic) bond motifs is 1. The predicted octanol–water partition coefficient (Wildman–Crippen LogP) is 2.27. The Morgan fingerprint density at radius 1 is 1.16 bits per heavy atom. The van der Waals surface area contributed by atoms with Crippen molar-refractivity contribution >= 4 is 22.8 Å². The highest BCUT2D eigenvalue weighted by atomic mass is 32.2. The van der Waals surface area contributed by atoms with Gasteiger partial charge >= 0.3 is 5.69 Å². The zero-order chi connectivity index (χ0) is 18.0. The number of pyridine rings is 2. The molecule has 0 saturated heterocycles. The highest BCUT2D eigenvalue weighted by molar-refractivity contribution is 7.98. The van der Waals surface area contributed by atoms with Gasteiger partial charge in [-0.15, -0.1) is 11.8 Å². The average Bonchev–Trinajstić information content (AvgIpc) is 2.64. The number of aromatic nitrogens is 4. The highest BCUT2D eigenvalue weighted by Gasteiger charge is 2.17. The van der Waals surface area contributed by atoms with Crippen LogP contribution in [0, 0.1) is 0 Å². The molecule has 0 spiro atoms. The van der Waals surface area contributed by atoms with Gasteiger partial charge in [0.05, 0.1) is 5.39 Å². The number of rotatable bonds is 5. The van der Waals surface area contributed by atoms with Crippen molar-refractivity contribution in [1.82, 2.24) is 19.1 Å². The largest absolute Gasteiger partial charge is 0.332 e. The maximum absolute atomic E-state index is 12.8. The van der Waals surface area contributed by atoms with E-state index < -0.39 is 0 Å². The Morgan fingerprint density at radius 3 is 2.64 bits per heavy atom. The number of thioether (sulfide) groups is 1. The van der Waals surface area contributed by atoms with Crippen molar-refractivity contribution in [1.29, 1.82) is 0 Å². The first-order chi connectivity index (χ1) is 12.0. The molecule has 0 aliphatic heterocycles. The van der Waals surface area contributed by atoms with Crippen LogP contribution in [0.4, 0.5) is 0 Å². The van der Waals surface area contributed by atoms with Gasteiger partial charge in [0.1, 0.15) is 5.65 Å². The highest BCUT2D eigenvalue weighted by Crippen LogP contribution is 2.31. The molecule has 0 bridgehead atoms. The van der Waals surface area contributed by atoms with E-state index >= 15 is 0 Å². The van der Waals surface area contributed by atoms with E-state index in [0.29, 0.717) is 16.8 Å². The standard InChI is InChI=1S/C18H20N4O2S/c1-4-6-13-10-20-16-14(17(23)22(3)18(24)21(16)2)15(13)25-11-12-7-5-8-19-9-12/h5,7-10H,4,6,11H2,1-3H3. The fourth-order valence-electron chi connectivity index (χ4n) is 2.79. The molecule has 0 radical (unpaired) electrons. The molecule has 0 unspecified atom stereocenters. The third kappa shape index (κ3) is 3.24. The van der Waals surface area contributed by atoms with Gasteiger partial charge in [0.15, 0.2) is 0 Å². The van der Waals surface area contributed by atoms with E-state index in [2.05, 4.69) is 16.9 Å². The van der Waals surface area contributed by atoms with Crippen molar-refractivity contribution < 1.29 is 0 Å². The molecule has 25 heavy (non-hydrogen) atoms. The van der Waals surface area contributed by atoms with Crippen LogP contribution in [0.5, 0.6) is 0 Å². The average molecular weight is 356 g/mol. The maximum atomic E-state index is 12.8. The van der Waals surface area contributed by atoms with Crippen LogP contribution in [0.15, 0.2) is 45.2 Å². The van der Waals surface area contributed by atoms with Crippen LogP contribution < -0.4 is 11.2 Å². The van der Waals surface area contributed by atoms with Gasteiger partial charge in [-0.25, -0.2) is 9.78 Å². The molecule has 0 aromatic carbocycles. The second kappa shape index (κ2) is 7.23. The Kier molecular flexibility index (Phi) is 5.03. The van der Waals surface area contributed by atoms with E-state index in [1.54, 1.807) is 31.2 Å². The first kappa shape index (κ1) is 17.4. The third-order valence-corrected chi connectivity index (χ3v) is 5.35. The van der Waals surface area contributed by atoms with Crippen LogP contribution in [-0.2, 0) is 26.3 Å². The van der Waals surface area contributed by atoms with Gasteiger partial charge < -0.3 is 0 Å². The van der Waals surface area contributed by atoms with Gasteiger partial charge in [-0.05, 0) is 23.6 Å². The van der Waals surface area contributed by atoms with Crippen molar-refractivity contribution in [3.8, 4) is 0 Å². The molecule has 3 aromatic heterocycles. The van der Waals surface area contributed by atoms with Crippen LogP contribution in [-0.4, -0.2) is 19.1 Å².